The van der Waals surface area contributed by atoms with Crippen molar-refractivity contribution in [1.29, 1.82) is 0 Å². The molecule has 6 nitrogen and oxygen atoms in total. The Labute approximate surface area is 107 Å². The number of amides is 1. The molecular formula is C11H20N2O4S. The third kappa shape index (κ3) is 1.60. The summed E-state index contributed by atoms with van der Waals surface area (Å²) in [5.41, 5.74) is 4.49. The number of rotatable bonds is 3. The van der Waals surface area contributed by atoms with Crippen LogP contribution in [-0.2, 0) is 19.6 Å². The molecule has 2 rings (SSSR count). The van der Waals surface area contributed by atoms with E-state index in [1.807, 2.05) is 13.8 Å². The fourth-order valence-corrected chi connectivity index (χ4v) is 3.74. The fraction of sp³-hybridized carbons (Fsp3) is 0.909. The van der Waals surface area contributed by atoms with Gasteiger partial charge in [0.15, 0.2) is 0 Å². The molecule has 1 aliphatic heterocycles. The first kappa shape index (κ1) is 13.8. The highest BCUT2D eigenvalue weighted by Crippen LogP contribution is 2.58. The molecule has 3 atom stereocenters. The van der Waals surface area contributed by atoms with Gasteiger partial charge in [0.1, 0.15) is 5.54 Å². The fourth-order valence-electron chi connectivity index (χ4n) is 3.14. The van der Waals surface area contributed by atoms with E-state index >= 15 is 0 Å². The van der Waals surface area contributed by atoms with Gasteiger partial charge in [-0.3, -0.25) is 9.52 Å². The van der Waals surface area contributed by atoms with Crippen LogP contribution >= 0.6 is 0 Å². The molecule has 0 aromatic carbocycles. The molecule has 0 aromatic rings. The van der Waals surface area contributed by atoms with Crippen LogP contribution in [0.5, 0.6) is 0 Å². The van der Waals surface area contributed by atoms with Crippen LogP contribution in [0, 0.1) is 11.3 Å². The van der Waals surface area contributed by atoms with Gasteiger partial charge in [-0.15, -0.1) is 0 Å². The number of carbonyl (C=O) groups is 1. The van der Waals surface area contributed by atoms with E-state index in [0.29, 0.717) is 13.0 Å². The minimum absolute atomic E-state index is 0.0578. The van der Waals surface area contributed by atoms with Crippen molar-refractivity contribution in [2.75, 3.05) is 12.4 Å². The summed E-state index contributed by atoms with van der Waals surface area (Å²) in [6.07, 6.45) is 0.641. The highest BCUT2D eigenvalue weighted by atomic mass is 32.2. The Hall–Kier alpha value is -0.660. The second-order valence-electron chi connectivity index (χ2n) is 5.61. The summed E-state index contributed by atoms with van der Waals surface area (Å²) in [6, 6.07) is 0. The van der Waals surface area contributed by atoms with Gasteiger partial charge in [0.05, 0.1) is 11.9 Å². The average molecular weight is 276 g/mol. The number of ether oxygens (including phenoxy) is 1. The molecule has 0 radical (unpaired) electrons. The van der Waals surface area contributed by atoms with Gasteiger partial charge in [0.2, 0.25) is 10.0 Å². The zero-order valence-electron chi connectivity index (χ0n) is 10.9. The van der Waals surface area contributed by atoms with Gasteiger partial charge in [-0.2, -0.15) is 0 Å². The summed E-state index contributed by atoms with van der Waals surface area (Å²) in [4.78, 5) is 12.2. The number of nitrogens with two attached hydrogens (primary N) is 1. The van der Waals surface area contributed by atoms with Crippen LogP contribution < -0.4 is 10.5 Å². The third-order valence-electron chi connectivity index (χ3n) is 4.46. The Morgan fingerprint density at radius 1 is 1.50 bits per heavy atom. The summed E-state index contributed by atoms with van der Waals surface area (Å²) in [5.74, 6) is -0.847. The van der Waals surface area contributed by atoms with Gasteiger partial charge >= 0.3 is 0 Å². The van der Waals surface area contributed by atoms with Crippen molar-refractivity contribution in [2.24, 2.45) is 17.1 Å². The first-order valence-corrected chi connectivity index (χ1v) is 7.77. The number of hydrogen-bond acceptors (Lipinski definition) is 5. The topological polar surface area (TPSA) is 98.5 Å². The molecule has 3 N–H and O–H groups in total. The lowest BCUT2D eigenvalue weighted by molar-refractivity contribution is -0.173. The minimum Gasteiger partial charge on any atom is -0.377 e. The first-order valence-electron chi connectivity index (χ1n) is 6.12. The predicted octanol–water partition coefficient (Wildman–Crippen LogP) is -0.405. The van der Waals surface area contributed by atoms with Gasteiger partial charge in [0, 0.05) is 17.9 Å². The number of carbonyl (C=O) groups excluding carboxylic acids is 1. The Bertz CT molecular complexity index is 473. The van der Waals surface area contributed by atoms with Gasteiger partial charge in [0.25, 0.3) is 5.91 Å². The van der Waals surface area contributed by atoms with Crippen molar-refractivity contribution in [2.45, 2.75) is 38.8 Å². The molecule has 2 aliphatic rings. The molecule has 0 spiro atoms. The van der Waals surface area contributed by atoms with E-state index in [4.69, 9.17) is 10.5 Å². The van der Waals surface area contributed by atoms with Gasteiger partial charge < -0.3 is 10.5 Å². The quantitative estimate of drug-likeness (QED) is 0.730. The molecule has 104 valence electrons. The second-order valence-corrected chi connectivity index (χ2v) is 7.62. The maximum absolute atomic E-state index is 12.2. The van der Waals surface area contributed by atoms with Crippen molar-refractivity contribution in [3.05, 3.63) is 0 Å². The minimum atomic E-state index is -3.58. The lowest BCUT2D eigenvalue weighted by atomic mass is 9.48. The van der Waals surface area contributed by atoms with Crippen LogP contribution in [0.25, 0.3) is 0 Å². The van der Waals surface area contributed by atoms with Crippen LogP contribution in [-0.4, -0.2) is 38.3 Å². The monoisotopic (exact) mass is 276 g/mol. The zero-order valence-corrected chi connectivity index (χ0v) is 11.7. The van der Waals surface area contributed by atoms with E-state index in [0.717, 1.165) is 0 Å². The van der Waals surface area contributed by atoms with Gasteiger partial charge in [-0.05, 0) is 13.3 Å². The van der Waals surface area contributed by atoms with E-state index in [9.17, 15) is 13.2 Å². The molecule has 1 aliphatic carbocycles. The second kappa shape index (κ2) is 3.91. The Morgan fingerprint density at radius 3 is 2.67 bits per heavy atom. The maximum Gasteiger partial charge on any atom is 0.254 e. The van der Waals surface area contributed by atoms with Crippen LogP contribution in [0.1, 0.15) is 27.2 Å². The molecule has 2 fully saturated rings. The predicted molar refractivity (Wildman–Crippen MR) is 66.1 cm³/mol. The summed E-state index contributed by atoms with van der Waals surface area (Å²) >= 11 is 0. The molecule has 0 aromatic heterocycles. The molecule has 18 heavy (non-hydrogen) atoms. The molecule has 7 heteroatoms. The van der Waals surface area contributed by atoms with E-state index in [2.05, 4.69) is 4.72 Å². The van der Waals surface area contributed by atoms with Crippen LogP contribution in [0.2, 0.25) is 0 Å². The van der Waals surface area contributed by atoms with Gasteiger partial charge in [-0.1, -0.05) is 13.8 Å². The lowest BCUT2D eigenvalue weighted by Gasteiger charge is -2.60. The third-order valence-corrected chi connectivity index (χ3v) is 5.71. The summed E-state index contributed by atoms with van der Waals surface area (Å²) in [5, 5.41) is 0. The Balaban J connectivity index is 2.24. The number of nitrogens with one attached hydrogen (secondary N) is 1. The summed E-state index contributed by atoms with van der Waals surface area (Å²) in [6.45, 7) is 5.74. The van der Waals surface area contributed by atoms with Crippen molar-refractivity contribution in [3.63, 3.8) is 0 Å². The molecule has 1 amide bonds. The first-order chi connectivity index (χ1) is 8.17. The summed E-state index contributed by atoms with van der Waals surface area (Å²) < 4.78 is 30.6. The van der Waals surface area contributed by atoms with Crippen molar-refractivity contribution >= 4 is 15.9 Å². The van der Waals surface area contributed by atoms with Gasteiger partial charge in [-0.25, -0.2) is 8.42 Å². The average Bonchev–Trinajstić information content (AvgIpc) is 2.74. The normalized spacial score (nSPS) is 37.8. The van der Waals surface area contributed by atoms with Crippen LogP contribution in [0.15, 0.2) is 0 Å². The molecule has 0 bridgehead atoms. The van der Waals surface area contributed by atoms with Crippen LogP contribution in [0.4, 0.5) is 0 Å². The smallest absolute Gasteiger partial charge is 0.254 e. The number of fused-ring (bicyclic) bond motifs is 1. The standard InChI is InChI=1S/C11H20N2O4S/c1-4-18(15,16)13-9(14)11(12)7-5-6-17-8(7)10(11,2)3/h7-8H,4-6,12H2,1-3H3,(H,13,14). The molecule has 1 saturated carbocycles. The molecular weight excluding hydrogens is 256 g/mol. The molecule has 1 heterocycles. The highest BCUT2D eigenvalue weighted by Gasteiger charge is 2.71. The molecule has 1 saturated heterocycles. The zero-order chi connectivity index (χ0) is 13.8. The Morgan fingerprint density at radius 2 is 2.11 bits per heavy atom. The largest absolute Gasteiger partial charge is 0.377 e. The number of hydrogen-bond donors (Lipinski definition) is 2. The number of sulfonamides is 1. The van der Waals surface area contributed by atoms with Crippen LogP contribution in [0.3, 0.4) is 0 Å². The van der Waals surface area contributed by atoms with E-state index < -0.39 is 26.9 Å². The van der Waals surface area contributed by atoms with Crippen molar-refractivity contribution in [3.8, 4) is 0 Å². The highest BCUT2D eigenvalue weighted by molar-refractivity contribution is 7.90. The molecule has 3 unspecified atom stereocenters. The van der Waals surface area contributed by atoms with E-state index in [1.165, 1.54) is 6.92 Å². The van der Waals surface area contributed by atoms with E-state index in [1.54, 1.807) is 0 Å². The van der Waals surface area contributed by atoms with E-state index in [-0.39, 0.29) is 17.8 Å². The lowest BCUT2D eigenvalue weighted by Crippen LogP contribution is -2.80. The maximum atomic E-state index is 12.2. The summed E-state index contributed by atoms with van der Waals surface area (Å²) in [7, 11) is -3.58. The SMILES string of the molecule is CCS(=O)(=O)NC(=O)C1(N)C2CCOC2C1(C)C. The Kier molecular flexibility index (Phi) is 2.99. The van der Waals surface area contributed by atoms with Crippen molar-refractivity contribution in [1.82, 2.24) is 4.72 Å². The van der Waals surface area contributed by atoms with Crippen molar-refractivity contribution < 1.29 is 17.9 Å².